The topological polar surface area (TPSA) is 46.4 Å². The minimum atomic E-state index is -0.478. The summed E-state index contributed by atoms with van der Waals surface area (Å²) >= 11 is 0. The molecule has 1 atom stereocenters. The fourth-order valence-corrected chi connectivity index (χ4v) is 1.17. The molecule has 1 radical (unpaired) electrons. The first-order chi connectivity index (χ1) is 4.72. The zero-order chi connectivity index (χ0) is 7.56. The normalized spacial score (nSPS) is 28.3. The summed E-state index contributed by atoms with van der Waals surface area (Å²) in [4.78, 5) is 11.8. The van der Waals surface area contributed by atoms with Crippen LogP contribution in [0.1, 0.15) is 19.3 Å². The molecule has 1 fully saturated rings. The molecule has 0 bridgehead atoms. The van der Waals surface area contributed by atoms with Gasteiger partial charge in [0, 0.05) is 17.9 Å². The van der Waals surface area contributed by atoms with Crippen LogP contribution in [0.3, 0.4) is 0 Å². The van der Waals surface area contributed by atoms with Gasteiger partial charge in [-0.15, -0.1) is 0 Å². The van der Waals surface area contributed by atoms with Gasteiger partial charge in [-0.3, -0.25) is 10.1 Å². The fourth-order valence-electron chi connectivity index (χ4n) is 1.17. The first kappa shape index (κ1) is 7.47. The predicted molar refractivity (Wildman–Crippen MR) is 36.7 cm³/mol. The van der Waals surface area contributed by atoms with Gasteiger partial charge in [-0.2, -0.15) is 0 Å². The van der Waals surface area contributed by atoms with Gasteiger partial charge in [0.15, 0.2) is 0 Å². The largest absolute Gasteiger partial charge is 0.268 e. The fraction of sp³-hybridized carbons (Fsp3) is 0.833. The first-order valence-electron chi connectivity index (χ1n) is 3.40. The Bertz CT molecular complexity index is 138. The van der Waals surface area contributed by atoms with E-state index in [-0.39, 0.29) is 4.92 Å². The van der Waals surface area contributed by atoms with E-state index in [4.69, 9.17) is 0 Å². The second-order valence-electron chi connectivity index (χ2n) is 2.54. The Hall–Kier alpha value is -0.640. The van der Waals surface area contributed by atoms with Crippen LogP contribution in [-0.4, -0.2) is 23.0 Å². The van der Waals surface area contributed by atoms with E-state index in [1.165, 1.54) is 0 Å². The number of hydrogen-bond donors (Lipinski definition) is 0. The Balaban J connectivity index is 2.47. The maximum atomic E-state index is 10.3. The molecule has 0 saturated carbocycles. The van der Waals surface area contributed by atoms with Gasteiger partial charge in [0.1, 0.15) is 0 Å². The highest BCUT2D eigenvalue weighted by Crippen LogP contribution is 2.17. The van der Waals surface area contributed by atoms with Crippen molar-refractivity contribution in [1.29, 1.82) is 0 Å². The van der Waals surface area contributed by atoms with Gasteiger partial charge in [0.25, 0.3) is 6.17 Å². The number of piperidine rings is 1. The summed E-state index contributed by atoms with van der Waals surface area (Å²) in [6, 6.07) is 0. The minimum absolute atomic E-state index is 0.227. The van der Waals surface area contributed by atoms with Crippen molar-refractivity contribution in [3.8, 4) is 0 Å². The molecule has 1 saturated heterocycles. The van der Waals surface area contributed by atoms with Gasteiger partial charge in [-0.05, 0) is 19.9 Å². The van der Waals surface area contributed by atoms with Gasteiger partial charge in [0.05, 0.1) is 0 Å². The van der Waals surface area contributed by atoms with E-state index in [9.17, 15) is 10.1 Å². The Morgan fingerprint density at radius 3 is 2.90 bits per heavy atom. The molecule has 1 rings (SSSR count). The van der Waals surface area contributed by atoms with Crippen molar-refractivity contribution in [3.05, 3.63) is 16.7 Å². The van der Waals surface area contributed by atoms with Crippen LogP contribution in [0.5, 0.6) is 0 Å². The lowest BCUT2D eigenvalue weighted by molar-refractivity contribution is -0.550. The number of likely N-dealkylation sites (tertiary alicyclic amines) is 1. The SMILES string of the molecule is CN1[CH]CCCC1[N+](=O)[O-]. The van der Waals surface area contributed by atoms with E-state index >= 15 is 0 Å². The van der Waals surface area contributed by atoms with E-state index in [0.717, 1.165) is 12.8 Å². The molecule has 1 aliphatic heterocycles. The molecular weight excluding hydrogens is 132 g/mol. The van der Waals surface area contributed by atoms with E-state index in [0.29, 0.717) is 6.42 Å². The average Bonchev–Trinajstić information content (AvgIpc) is 1.88. The maximum absolute atomic E-state index is 10.3. The van der Waals surface area contributed by atoms with Gasteiger partial charge >= 0.3 is 0 Å². The van der Waals surface area contributed by atoms with Crippen LogP contribution in [-0.2, 0) is 0 Å². The van der Waals surface area contributed by atoms with Gasteiger partial charge < -0.3 is 0 Å². The highest BCUT2D eigenvalue weighted by molar-refractivity contribution is 4.74. The molecule has 0 N–H and O–H groups in total. The molecule has 0 aromatic heterocycles. The lowest BCUT2D eigenvalue weighted by atomic mass is 10.1. The molecule has 1 aliphatic rings. The monoisotopic (exact) mass is 143 g/mol. The number of hydrogen-bond acceptors (Lipinski definition) is 3. The Morgan fingerprint density at radius 1 is 1.80 bits per heavy atom. The molecule has 0 aliphatic carbocycles. The summed E-state index contributed by atoms with van der Waals surface area (Å²) in [6.45, 7) is 1.89. The second-order valence-corrected chi connectivity index (χ2v) is 2.54. The molecule has 10 heavy (non-hydrogen) atoms. The molecule has 1 heterocycles. The van der Waals surface area contributed by atoms with Crippen molar-refractivity contribution >= 4 is 0 Å². The van der Waals surface area contributed by atoms with Gasteiger partial charge in [-0.1, -0.05) is 0 Å². The third-order valence-corrected chi connectivity index (χ3v) is 1.80. The van der Waals surface area contributed by atoms with Gasteiger partial charge in [0.2, 0.25) is 0 Å². The van der Waals surface area contributed by atoms with Crippen LogP contribution < -0.4 is 0 Å². The zero-order valence-electron chi connectivity index (χ0n) is 5.99. The van der Waals surface area contributed by atoms with E-state index in [1.54, 1.807) is 11.9 Å². The van der Waals surface area contributed by atoms with Crippen LogP contribution in [0.15, 0.2) is 0 Å². The molecule has 1 unspecified atom stereocenters. The standard InChI is InChI=1S/C6H11N2O2/c1-7-5-3-2-4-6(7)8(9)10/h5-6H,2-4H2,1H3. The highest BCUT2D eigenvalue weighted by atomic mass is 16.6. The van der Waals surface area contributed by atoms with Crippen molar-refractivity contribution in [2.24, 2.45) is 0 Å². The van der Waals surface area contributed by atoms with Crippen molar-refractivity contribution < 1.29 is 4.92 Å². The Labute approximate surface area is 60.0 Å². The lowest BCUT2D eigenvalue weighted by Crippen LogP contribution is -2.38. The summed E-state index contributed by atoms with van der Waals surface area (Å²) in [5.41, 5.74) is 0. The van der Waals surface area contributed by atoms with Crippen LogP contribution in [0, 0.1) is 16.7 Å². The summed E-state index contributed by atoms with van der Waals surface area (Å²) in [5.74, 6) is 0. The highest BCUT2D eigenvalue weighted by Gasteiger charge is 2.27. The third-order valence-electron chi connectivity index (χ3n) is 1.80. The first-order valence-corrected chi connectivity index (χ1v) is 3.40. The van der Waals surface area contributed by atoms with Crippen molar-refractivity contribution in [2.45, 2.75) is 25.4 Å². The van der Waals surface area contributed by atoms with Crippen LogP contribution in [0.2, 0.25) is 0 Å². The number of nitrogens with zero attached hydrogens (tertiary/aromatic N) is 2. The lowest BCUT2D eigenvalue weighted by Gasteiger charge is -2.24. The van der Waals surface area contributed by atoms with Crippen LogP contribution in [0.25, 0.3) is 0 Å². The average molecular weight is 143 g/mol. The summed E-state index contributed by atoms with van der Waals surface area (Å²) in [7, 11) is 1.76. The maximum Gasteiger partial charge on any atom is 0.268 e. The smallest absolute Gasteiger partial charge is 0.263 e. The Kier molecular flexibility index (Phi) is 2.21. The summed E-state index contributed by atoms with van der Waals surface area (Å²) < 4.78 is 0. The minimum Gasteiger partial charge on any atom is -0.263 e. The van der Waals surface area contributed by atoms with Crippen molar-refractivity contribution in [2.75, 3.05) is 7.05 Å². The van der Waals surface area contributed by atoms with E-state index < -0.39 is 6.17 Å². The predicted octanol–water partition coefficient (Wildman–Crippen LogP) is 0.867. The molecule has 0 aromatic carbocycles. The Morgan fingerprint density at radius 2 is 2.50 bits per heavy atom. The molecule has 0 spiro atoms. The molecule has 57 valence electrons. The van der Waals surface area contributed by atoms with E-state index in [1.807, 2.05) is 6.54 Å². The number of rotatable bonds is 1. The molecule has 0 aromatic rings. The number of nitro groups is 1. The van der Waals surface area contributed by atoms with Crippen molar-refractivity contribution in [1.82, 2.24) is 4.90 Å². The van der Waals surface area contributed by atoms with Crippen LogP contribution >= 0.6 is 0 Å². The second kappa shape index (κ2) is 2.96. The van der Waals surface area contributed by atoms with E-state index in [2.05, 4.69) is 0 Å². The zero-order valence-corrected chi connectivity index (χ0v) is 5.99. The molecule has 4 nitrogen and oxygen atoms in total. The molecule has 4 heteroatoms. The van der Waals surface area contributed by atoms with Crippen molar-refractivity contribution in [3.63, 3.8) is 0 Å². The third kappa shape index (κ3) is 1.44. The quantitative estimate of drug-likeness (QED) is 0.404. The van der Waals surface area contributed by atoms with Gasteiger partial charge in [-0.25, -0.2) is 4.90 Å². The summed E-state index contributed by atoms with van der Waals surface area (Å²) in [6.07, 6.45) is 2.12. The van der Waals surface area contributed by atoms with Crippen LogP contribution in [0.4, 0.5) is 0 Å². The summed E-state index contributed by atoms with van der Waals surface area (Å²) in [5, 5.41) is 10.3. The molecule has 0 amide bonds. The molecular formula is C6H11N2O2.